The number of nitrogens with zero attached hydrogens (tertiary/aromatic N) is 6. The fourth-order valence-corrected chi connectivity index (χ4v) is 7.52. The van der Waals surface area contributed by atoms with Gasteiger partial charge in [-0.05, 0) is 66.3 Å². The summed E-state index contributed by atoms with van der Waals surface area (Å²) in [5.41, 5.74) is 2.50. The number of anilines is 1. The standard InChI is InChI=1S/C28H27F3N6O4S/c1-17-6-7-18(22(14-25(38)39)19-8-11-37-24(13-19)33-34-27(37)28(29,30)31)12-20(17)15-35-16-21-4-3-10-36(21)26-23(42(35,40)41)5-2-9-32-26/h2,5-9,11-13,21-22H,3-4,10,14-16H2,1H3,(H,38,39)/t21-,22?/m0/s1. The lowest BCUT2D eigenvalue weighted by atomic mass is 9.87. The first kappa shape index (κ1) is 28.1. The Morgan fingerprint density at radius 3 is 2.69 bits per heavy atom. The Morgan fingerprint density at radius 1 is 1.14 bits per heavy atom. The van der Waals surface area contributed by atoms with Crippen LogP contribution in [0.3, 0.4) is 0 Å². The highest BCUT2D eigenvalue weighted by atomic mass is 32.2. The Hall–Kier alpha value is -4.04. The summed E-state index contributed by atoms with van der Waals surface area (Å²) in [5, 5.41) is 16.6. The van der Waals surface area contributed by atoms with E-state index in [4.69, 9.17) is 0 Å². The van der Waals surface area contributed by atoms with Crippen LogP contribution in [0, 0.1) is 6.92 Å². The zero-order valence-corrected chi connectivity index (χ0v) is 23.3. The van der Waals surface area contributed by atoms with E-state index in [1.165, 1.54) is 22.6 Å². The minimum atomic E-state index is -4.70. The number of aliphatic carboxylic acids is 1. The third-order valence-corrected chi connectivity index (χ3v) is 9.86. The van der Waals surface area contributed by atoms with Gasteiger partial charge >= 0.3 is 12.1 Å². The number of benzene rings is 1. The van der Waals surface area contributed by atoms with Crippen LogP contribution in [0.2, 0.25) is 0 Å². The van der Waals surface area contributed by atoms with Gasteiger partial charge in [-0.25, -0.2) is 13.4 Å². The van der Waals surface area contributed by atoms with Crippen molar-refractivity contribution >= 4 is 27.5 Å². The third kappa shape index (κ3) is 4.98. The van der Waals surface area contributed by atoms with Crippen molar-refractivity contribution in [3.05, 3.63) is 82.9 Å². The molecule has 0 bridgehead atoms. The van der Waals surface area contributed by atoms with Crippen LogP contribution in [0.4, 0.5) is 19.0 Å². The molecule has 42 heavy (non-hydrogen) atoms. The quantitative estimate of drug-likeness (QED) is 0.349. The van der Waals surface area contributed by atoms with E-state index in [-0.39, 0.29) is 36.1 Å². The summed E-state index contributed by atoms with van der Waals surface area (Å²) in [4.78, 5) is 18.5. The number of alkyl halides is 3. The highest BCUT2D eigenvalue weighted by Gasteiger charge is 2.40. The molecular formula is C28H27F3N6O4S. The molecule has 14 heteroatoms. The molecule has 0 aliphatic carbocycles. The zero-order valence-electron chi connectivity index (χ0n) is 22.5. The predicted molar refractivity (Wildman–Crippen MR) is 145 cm³/mol. The zero-order chi connectivity index (χ0) is 29.8. The lowest BCUT2D eigenvalue weighted by Crippen LogP contribution is -2.39. The second-order valence-corrected chi connectivity index (χ2v) is 12.6. The van der Waals surface area contributed by atoms with Gasteiger partial charge in [-0.3, -0.25) is 9.20 Å². The van der Waals surface area contributed by atoms with Gasteiger partial charge in [0.15, 0.2) is 5.65 Å². The lowest BCUT2D eigenvalue weighted by molar-refractivity contribution is -0.145. The number of carboxylic acid groups (broad SMARTS) is 1. The monoisotopic (exact) mass is 600 g/mol. The van der Waals surface area contributed by atoms with E-state index in [0.717, 1.165) is 29.4 Å². The van der Waals surface area contributed by atoms with Crippen LogP contribution in [-0.2, 0) is 27.5 Å². The maximum absolute atomic E-state index is 13.8. The third-order valence-electron chi connectivity index (χ3n) is 8.02. The largest absolute Gasteiger partial charge is 0.481 e. The molecule has 0 saturated carbocycles. The molecule has 1 fully saturated rings. The van der Waals surface area contributed by atoms with Crippen LogP contribution in [0.5, 0.6) is 0 Å². The molecule has 1 N–H and O–H groups in total. The summed E-state index contributed by atoms with van der Waals surface area (Å²) in [7, 11) is -3.89. The second kappa shape index (κ2) is 10.3. The van der Waals surface area contributed by atoms with Crippen molar-refractivity contribution in [3.63, 3.8) is 0 Å². The Balaban J connectivity index is 1.37. The number of fused-ring (bicyclic) bond motifs is 4. The fraction of sp³-hybridized carbons (Fsp3) is 0.357. The normalized spacial score (nSPS) is 19.3. The van der Waals surface area contributed by atoms with Crippen molar-refractivity contribution in [2.45, 2.75) is 55.8 Å². The molecular weight excluding hydrogens is 573 g/mol. The molecule has 1 aromatic carbocycles. The molecule has 6 rings (SSSR count). The number of carboxylic acids is 1. The van der Waals surface area contributed by atoms with Crippen LogP contribution >= 0.6 is 0 Å². The Kier molecular flexibility index (Phi) is 6.92. The van der Waals surface area contributed by atoms with Gasteiger partial charge in [-0.15, -0.1) is 10.2 Å². The molecule has 2 aliphatic rings. The smallest absolute Gasteiger partial charge is 0.452 e. The first-order valence-electron chi connectivity index (χ1n) is 13.4. The molecule has 0 amide bonds. The molecule has 1 unspecified atom stereocenters. The van der Waals surface area contributed by atoms with E-state index < -0.39 is 33.9 Å². The van der Waals surface area contributed by atoms with Crippen molar-refractivity contribution in [1.82, 2.24) is 23.9 Å². The van der Waals surface area contributed by atoms with Crippen molar-refractivity contribution in [2.75, 3.05) is 18.0 Å². The maximum atomic E-state index is 13.8. The SMILES string of the molecule is Cc1ccc(C(CC(=O)O)c2ccn3c(C(F)(F)F)nnc3c2)cc1CN1C[C@@H]2CCCN2c2ncccc2S1(=O)=O. The molecule has 0 radical (unpaired) electrons. The topological polar surface area (TPSA) is 121 Å². The number of aromatic nitrogens is 4. The molecule has 0 spiro atoms. The number of carbonyl (C=O) groups is 1. The lowest BCUT2D eigenvalue weighted by Gasteiger charge is -2.26. The van der Waals surface area contributed by atoms with Gasteiger partial charge in [0.25, 0.3) is 0 Å². The molecule has 5 heterocycles. The van der Waals surface area contributed by atoms with Crippen LogP contribution < -0.4 is 4.90 Å². The van der Waals surface area contributed by atoms with Crippen molar-refractivity contribution in [3.8, 4) is 0 Å². The Morgan fingerprint density at radius 2 is 1.93 bits per heavy atom. The number of hydrogen-bond acceptors (Lipinski definition) is 7. The van der Waals surface area contributed by atoms with Crippen molar-refractivity contribution < 1.29 is 31.5 Å². The van der Waals surface area contributed by atoms with E-state index in [9.17, 15) is 31.5 Å². The molecule has 2 aliphatic heterocycles. The van der Waals surface area contributed by atoms with Gasteiger partial charge in [0.2, 0.25) is 15.8 Å². The van der Waals surface area contributed by atoms with Crippen molar-refractivity contribution in [2.24, 2.45) is 0 Å². The van der Waals surface area contributed by atoms with E-state index >= 15 is 0 Å². The van der Waals surface area contributed by atoms with Crippen LogP contribution in [-0.4, -0.2) is 62.5 Å². The Labute approximate surface area is 239 Å². The second-order valence-electron chi connectivity index (χ2n) is 10.7. The first-order chi connectivity index (χ1) is 19.9. The molecule has 3 aromatic heterocycles. The van der Waals surface area contributed by atoms with E-state index in [2.05, 4.69) is 20.1 Å². The number of sulfonamides is 1. The summed E-state index contributed by atoms with van der Waals surface area (Å²) >= 11 is 0. The molecule has 220 valence electrons. The summed E-state index contributed by atoms with van der Waals surface area (Å²) in [6, 6.07) is 11.3. The van der Waals surface area contributed by atoms with Crippen LogP contribution in [0.15, 0.2) is 59.8 Å². The molecule has 1 saturated heterocycles. The van der Waals surface area contributed by atoms with Crippen LogP contribution in [0.1, 0.15) is 53.3 Å². The average Bonchev–Trinajstić information content (AvgIpc) is 3.57. The van der Waals surface area contributed by atoms with E-state index in [1.807, 2.05) is 6.92 Å². The summed E-state index contributed by atoms with van der Waals surface area (Å²) in [5.74, 6) is -2.53. The summed E-state index contributed by atoms with van der Waals surface area (Å²) < 4.78 is 69.9. The highest BCUT2D eigenvalue weighted by molar-refractivity contribution is 7.89. The highest BCUT2D eigenvalue weighted by Crippen LogP contribution is 2.37. The Bertz CT molecular complexity index is 1790. The predicted octanol–water partition coefficient (Wildman–Crippen LogP) is 4.23. The number of pyridine rings is 2. The average molecular weight is 601 g/mol. The minimum absolute atomic E-state index is 0.0179. The minimum Gasteiger partial charge on any atom is -0.481 e. The van der Waals surface area contributed by atoms with Gasteiger partial charge in [0.05, 0.1) is 6.42 Å². The van der Waals surface area contributed by atoms with Gasteiger partial charge in [-0.1, -0.05) is 18.2 Å². The summed E-state index contributed by atoms with van der Waals surface area (Å²) in [6.45, 7) is 2.93. The van der Waals surface area contributed by atoms with Gasteiger partial charge in [0, 0.05) is 44.0 Å². The van der Waals surface area contributed by atoms with Crippen molar-refractivity contribution in [1.29, 1.82) is 0 Å². The number of hydrogen-bond donors (Lipinski definition) is 1. The van der Waals surface area contributed by atoms with E-state index in [1.54, 1.807) is 36.5 Å². The van der Waals surface area contributed by atoms with E-state index in [0.29, 0.717) is 22.5 Å². The van der Waals surface area contributed by atoms with Gasteiger partial charge in [0.1, 0.15) is 10.7 Å². The number of halogens is 3. The molecule has 10 nitrogen and oxygen atoms in total. The summed E-state index contributed by atoms with van der Waals surface area (Å²) in [6.07, 6.45) is -0.496. The number of aryl methyl sites for hydroxylation is 1. The molecule has 2 atom stereocenters. The first-order valence-corrected chi connectivity index (χ1v) is 14.8. The fourth-order valence-electron chi connectivity index (χ4n) is 5.91. The van der Waals surface area contributed by atoms with Gasteiger partial charge in [-0.2, -0.15) is 17.5 Å². The molecule has 4 aromatic rings. The van der Waals surface area contributed by atoms with Gasteiger partial charge < -0.3 is 10.0 Å². The number of rotatable bonds is 6. The maximum Gasteiger partial charge on any atom is 0.452 e. The van der Waals surface area contributed by atoms with Crippen LogP contribution in [0.25, 0.3) is 5.65 Å².